The fourth-order valence-corrected chi connectivity index (χ4v) is 9.71. The summed E-state index contributed by atoms with van der Waals surface area (Å²) in [5, 5.41) is 10.5. The van der Waals surface area contributed by atoms with Gasteiger partial charge in [-0.25, -0.2) is 17.6 Å². The Balaban J connectivity index is 1.36. The maximum atomic E-state index is 14.7. The molecule has 2 atom stereocenters. The SMILES string of the molecule is Cc1cc(C)c(NC2c3cccc4cccc(c34)C2Nc2c(C(c3ccc(F)cc3)c3ccc(F)cc3)cc(C(C)C)cc2C(c2ccc(F)cc2)c2ccc(F)cc2)c(C)c1. The van der Waals surface area contributed by atoms with E-state index < -0.39 is 11.8 Å². The molecule has 0 fully saturated rings. The Hall–Kier alpha value is -6.66. The molecule has 1 aliphatic carbocycles. The molecular formula is C56H48F4N2. The second kappa shape index (κ2) is 16.7. The van der Waals surface area contributed by atoms with E-state index >= 15 is 0 Å². The van der Waals surface area contributed by atoms with Crippen LogP contribution in [0.3, 0.4) is 0 Å². The molecule has 0 bridgehead atoms. The fraction of sp³-hybridized carbons (Fsp3) is 0.179. The number of anilines is 2. The molecule has 310 valence electrons. The summed E-state index contributed by atoms with van der Waals surface area (Å²) in [5.41, 5.74) is 13.8. The van der Waals surface area contributed by atoms with Crippen molar-refractivity contribution in [2.45, 2.75) is 64.5 Å². The van der Waals surface area contributed by atoms with Crippen LogP contribution in [0.25, 0.3) is 10.8 Å². The van der Waals surface area contributed by atoms with Gasteiger partial charge in [0.05, 0.1) is 12.1 Å². The summed E-state index contributed by atoms with van der Waals surface area (Å²) in [4.78, 5) is 0. The van der Waals surface area contributed by atoms with Crippen molar-refractivity contribution in [2.75, 3.05) is 10.6 Å². The summed E-state index contributed by atoms with van der Waals surface area (Å²) < 4.78 is 59.0. The molecule has 0 saturated carbocycles. The Kier molecular flexibility index (Phi) is 10.9. The predicted molar refractivity (Wildman–Crippen MR) is 245 cm³/mol. The van der Waals surface area contributed by atoms with Crippen LogP contribution in [0.5, 0.6) is 0 Å². The lowest BCUT2D eigenvalue weighted by Gasteiger charge is -2.34. The lowest BCUT2D eigenvalue weighted by atomic mass is 9.76. The van der Waals surface area contributed by atoms with E-state index in [1.165, 1.54) is 65.0 Å². The largest absolute Gasteiger partial charge is 0.375 e. The summed E-state index contributed by atoms with van der Waals surface area (Å²) in [6, 6.07) is 47.3. The lowest BCUT2D eigenvalue weighted by Crippen LogP contribution is -2.25. The number of halogens is 4. The molecule has 62 heavy (non-hydrogen) atoms. The predicted octanol–water partition coefficient (Wildman–Crippen LogP) is 15.1. The maximum Gasteiger partial charge on any atom is 0.123 e. The van der Waals surface area contributed by atoms with Gasteiger partial charge in [-0.2, -0.15) is 0 Å². The first-order chi connectivity index (χ1) is 29.9. The Bertz CT molecular complexity index is 2670. The van der Waals surface area contributed by atoms with E-state index in [-0.39, 0.29) is 41.3 Å². The highest BCUT2D eigenvalue weighted by atomic mass is 19.1. The second-order valence-electron chi connectivity index (χ2n) is 17.1. The summed E-state index contributed by atoms with van der Waals surface area (Å²) in [6.45, 7) is 10.7. The van der Waals surface area contributed by atoms with E-state index in [0.29, 0.717) is 0 Å². The van der Waals surface area contributed by atoms with E-state index in [1.54, 1.807) is 48.5 Å². The van der Waals surface area contributed by atoms with Gasteiger partial charge < -0.3 is 10.6 Å². The van der Waals surface area contributed by atoms with Crippen molar-refractivity contribution in [3.63, 3.8) is 0 Å². The minimum atomic E-state index is -0.481. The summed E-state index contributed by atoms with van der Waals surface area (Å²) in [5.74, 6) is -2.33. The van der Waals surface area contributed by atoms with Crippen LogP contribution < -0.4 is 10.6 Å². The maximum absolute atomic E-state index is 14.7. The van der Waals surface area contributed by atoms with E-state index in [4.69, 9.17) is 0 Å². The van der Waals surface area contributed by atoms with E-state index in [2.05, 4.69) is 106 Å². The highest BCUT2D eigenvalue weighted by Gasteiger charge is 2.38. The van der Waals surface area contributed by atoms with Gasteiger partial charge in [-0.15, -0.1) is 0 Å². The van der Waals surface area contributed by atoms with Gasteiger partial charge in [0.2, 0.25) is 0 Å². The van der Waals surface area contributed by atoms with Crippen molar-refractivity contribution in [3.05, 3.63) is 248 Å². The number of nitrogens with one attached hydrogen (secondary N) is 2. The van der Waals surface area contributed by atoms with Crippen LogP contribution in [0.2, 0.25) is 0 Å². The van der Waals surface area contributed by atoms with Gasteiger partial charge in [-0.05, 0) is 147 Å². The molecule has 1 aliphatic rings. The molecule has 0 spiro atoms. The smallest absolute Gasteiger partial charge is 0.123 e. The summed E-state index contributed by atoms with van der Waals surface area (Å²) in [7, 11) is 0. The number of hydrogen-bond acceptors (Lipinski definition) is 2. The Morgan fingerprint density at radius 1 is 0.419 bits per heavy atom. The van der Waals surface area contributed by atoms with Crippen LogP contribution >= 0.6 is 0 Å². The Labute approximate surface area is 361 Å². The van der Waals surface area contributed by atoms with Gasteiger partial charge in [-0.3, -0.25) is 0 Å². The van der Waals surface area contributed by atoms with Crippen LogP contribution in [0.1, 0.15) is 110 Å². The highest BCUT2D eigenvalue weighted by molar-refractivity contribution is 5.93. The van der Waals surface area contributed by atoms with Crippen molar-refractivity contribution >= 4 is 22.1 Å². The molecule has 8 aromatic rings. The number of benzene rings is 8. The van der Waals surface area contributed by atoms with E-state index in [1.807, 2.05) is 0 Å². The van der Waals surface area contributed by atoms with Gasteiger partial charge in [0.1, 0.15) is 23.3 Å². The second-order valence-corrected chi connectivity index (χ2v) is 17.1. The molecule has 8 aromatic carbocycles. The van der Waals surface area contributed by atoms with Crippen LogP contribution in [0.4, 0.5) is 28.9 Å². The third kappa shape index (κ3) is 7.75. The normalized spacial score (nSPS) is 14.6. The molecule has 2 unspecified atom stereocenters. The topological polar surface area (TPSA) is 24.1 Å². The Morgan fingerprint density at radius 3 is 1.13 bits per heavy atom. The molecular weight excluding hydrogens is 777 g/mol. The first kappa shape index (κ1) is 40.7. The molecule has 0 radical (unpaired) electrons. The molecule has 0 amide bonds. The van der Waals surface area contributed by atoms with Gasteiger partial charge in [0, 0.05) is 23.2 Å². The zero-order valence-electron chi connectivity index (χ0n) is 35.4. The van der Waals surface area contributed by atoms with Crippen LogP contribution in [0, 0.1) is 44.0 Å². The van der Waals surface area contributed by atoms with Crippen molar-refractivity contribution in [2.24, 2.45) is 0 Å². The molecule has 0 saturated heterocycles. The zero-order valence-corrected chi connectivity index (χ0v) is 35.4. The average molecular weight is 825 g/mol. The minimum Gasteiger partial charge on any atom is -0.375 e. The quantitative estimate of drug-likeness (QED) is 0.100. The average Bonchev–Trinajstić information content (AvgIpc) is 3.55. The van der Waals surface area contributed by atoms with Crippen molar-refractivity contribution < 1.29 is 17.6 Å². The molecule has 2 N–H and O–H groups in total. The molecule has 0 heterocycles. The van der Waals surface area contributed by atoms with Crippen LogP contribution in [-0.2, 0) is 0 Å². The van der Waals surface area contributed by atoms with Gasteiger partial charge in [0.25, 0.3) is 0 Å². The van der Waals surface area contributed by atoms with Crippen LogP contribution in [0.15, 0.2) is 158 Å². The number of hydrogen-bond donors (Lipinski definition) is 2. The van der Waals surface area contributed by atoms with Crippen molar-refractivity contribution in [1.29, 1.82) is 0 Å². The standard InChI is InChI=1S/C56H48F4N2/c1-32(2)41-30-48(50(37-12-20-42(57)21-13-37)38-14-22-43(58)23-15-38)54(49(31-41)51(39-16-24-44(59)25-17-39)40-18-26-45(60)27-19-40)62-56-47-11-7-9-36-8-6-10-46(52(36)47)55(56)61-53-34(4)28-33(3)29-35(53)5/h6-32,50-51,55-56,61-62H,1-5H3. The zero-order chi connectivity index (χ0) is 43.2. The van der Waals surface area contributed by atoms with Crippen LogP contribution in [-0.4, -0.2) is 0 Å². The highest BCUT2D eigenvalue weighted by Crippen LogP contribution is 2.52. The number of aryl methyl sites for hydroxylation is 3. The minimum absolute atomic E-state index is 0.0668. The molecule has 0 aliphatic heterocycles. The number of rotatable bonds is 11. The summed E-state index contributed by atoms with van der Waals surface area (Å²) >= 11 is 0. The van der Waals surface area contributed by atoms with Crippen molar-refractivity contribution in [3.8, 4) is 0 Å². The van der Waals surface area contributed by atoms with Gasteiger partial charge >= 0.3 is 0 Å². The molecule has 0 aromatic heterocycles. The first-order valence-corrected chi connectivity index (χ1v) is 21.3. The monoisotopic (exact) mass is 824 g/mol. The molecule has 2 nitrogen and oxygen atoms in total. The van der Waals surface area contributed by atoms with Crippen molar-refractivity contribution in [1.82, 2.24) is 0 Å². The summed E-state index contributed by atoms with van der Waals surface area (Å²) in [6.07, 6.45) is 0. The fourth-order valence-electron chi connectivity index (χ4n) is 9.71. The van der Waals surface area contributed by atoms with E-state index in [0.717, 1.165) is 72.4 Å². The van der Waals surface area contributed by atoms with Gasteiger partial charge in [0.15, 0.2) is 0 Å². The van der Waals surface area contributed by atoms with Gasteiger partial charge in [-0.1, -0.05) is 129 Å². The molecule has 6 heteroatoms. The lowest BCUT2D eigenvalue weighted by molar-refractivity contribution is 0.625. The third-order valence-corrected chi connectivity index (χ3v) is 12.6. The molecule has 9 rings (SSSR count). The van der Waals surface area contributed by atoms with E-state index in [9.17, 15) is 17.6 Å². The Morgan fingerprint density at radius 2 is 0.774 bits per heavy atom. The first-order valence-electron chi connectivity index (χ1n) is 21.3. The third-order valence-electron chi connectivity index (χ3n) is 12.6.